The molecular weight excluding hydrogens is 194 g/mol. The van der Waals surface area contributed by atoms with Crippen LogP contribution in [0.25, 0.3) is 0 Å². The summed E-state index contributed by atoms with van der Waals surface area (Å²) in [6, 6.07) is 0. The van der Waals surface area contributed by atoms with E-state index in [2.05, 4.69) is 35.8 Å². The van der Waals surface area contributed by atoms with Gasteiger partial charge in [-0.25, -0.2) is 0 Å². The molecule has 0 aromatic heterocycles. The molecule has 3 heteroatoms. The molecule has 0 aromatic carbocycles. The third-order valence-corrected chi connectivity index (χ3v) is 6.78. The Hall–Kier alpha value is 0.237. The summed E-state index contributed by atoms with van der Waals surface area (Å²) in [5.41, 5.74) is 1.47. The minimum atomic E-state index is -0.967. The molecule has 0 N–H and O–H groups in total. The molecule has 1 nitrogen and oxygen atoms in total. The summed E-state index contributed by atoms with van der Waals surface area (Å²) in [5.74, 6) is 0. The Kier molecular flexibility index (Phi) is 4.04. The van der Waals surface area contributed by atoms with E-state index in [-0.39, 0.29) is 0 Å². The van der Waals surface area contributed by atoms with E-state index >= 15 is 0 Å². The van der Waals surface area contributed by atoms with Crippen molar-refractivity contribution >= 4 is 24.1 Å². The number of hydrogen-bond acceptors (Lipinski definition) is 2. The Morgan fingerprint density at radius 3 is 2.54 bits per heavy atom. The molecule has 0 saturated heterocycles. The molecule has 0 spiro atoms. The molecule has 1 fully saturated rings. The zero-order chi connectivity index (χ0) is 9.90. The predicted octanol–water partition coefficient (Wildman–Crippen LogP) is 3.57. The van der Waals surface area contributed by atoms with Gasteiger partial charge in [0, 0.05) is 18.0 Å². The second-order valence-electron chi connectivity index (χ2n) is 4.68. The van der Waals surface area contributed by atoms with Crippen molar-refractivity contribution in [2.24, 2.45) is 4.99 Å². The Balaban J connectivity index is 2.56. The maximum absolute atomic E-state index is 4.43. The normalized spacial score (nSPS) is 28.0. The van der Waals surface area contributed by atoms with Crippen molar-refractivity contribution in [3.05, 3.63) is 0 Å². The van der Waals surface area contributed by atoms with Crippen molar-refractivity contribution in [1.29, 1.82) is 0 Å². The maximum Gasteiger partial charge on any atom is 0.109 e. The standard InChI is InChI=1S/C10H21NSSi/c1-11-9-7-5-6-8-10(9)12-13(2,3)4/h10H,5-8H2,1-4H3/b11-9+. The Morgan fingerprint density at radius 2 is 2.00 bits per heavy atom. The zero-order valence-corrected chi connectivity index (χ0v) is 11.1. The lowest BCUT2D eigenvalue weighted by atomic mass is 9.98. The first-order chi connectivity index (χ1) is 6.03. The quantitative estimate of drug-likeness (QED) is 0.642. The van der Waals surface area contributed by atoms with Crippen molar-refractivity contribution in [3.63, 3.8) is 0 Å². The molecule has 0 aliphatic heterocycles. The van der Waals surface area contributed by atoms with Gasteiger partial charge in [-0.1, -0.05) is 26.1 Å². The molecule has 1 unspecified atom stereocenters. The smallest absolute Gasteiger partial charge is 0.109 e. The van der Waals surface area contributed by atoms with Crippen LogP contribution in [0.1, 0.15) is 25.7 Å². The van der Waals surface area contributed by atoms with Crippen molar-refractivity contribution in [3.8, 4) is 0 Å². The molecule has 0 bridgehead atoms. The summed E-state index contributed by atoms with van der Waals surface area (Å²) in [6.45, 7) is 7.29. The fourth-order valence-electron chi connectivity index (χ4n) is 1.77. The molecule has 1 rings (SSSR count). The minimum Gasteiger partial charge on any atom is -0.296 e. The highest BCUT2D eigenvalue weighted by Crippen LogP contribution is 2.32. The largest absolute Gasteiger partial charge is 0.296 e. The summed E-state index contributed by atoms with van der Waals surface area (Å²) in [6.07, 6.45) is 5.37. The summed E-state index contributed by atoms with van der Waals surface area (Å²) in [7, 11) is 0.990. The van der Waals surface area contributed by atoms with Gasteiger partial charge in [0.2, 0.25) is 0 Å². The van der Waals surface area contributed by atoms with Crippen molar-refractivity contribution in [1.82, 2.24) is 0 Å². The molecule has 76 valence electrons. The van der Waals surface area contributed by atoms with Crippen molar-refractivity contribution in [2.75, 3.05) is 7.05 Å². The average molecular weight is 215 g/mol. The molecule has 0 amide bonds. The second kappa shape index (κ2) is 4.65. The van der Waals surface area contributed by atoms with E-state index in [1.807, 2.05) is 7.05 Å². The number of hydrogen-bond donors (Lipinski definition) is 0. The molecule has 0 radical (unpaired) electrons. The van der Waals surface area contributed by atoms with Gasteiger partial charge in [-0.2, -0.15) is 11.2 Å². The summed E-state index contributed by atoms with van der Waals surface area (Å²) in [4.78, 5) is 4.43. The van der Waals surface area contributed by atoms with E-state index in [1.165, 1.54) is 31.4 Å². The highest BCUT2D eigenvalue weighted by molar-refractivity contribution is 8.29. The topological polar surface area (TPSA) is 12.4 Å². The van der Waals surface area contributed by atoms with Crippen molar-refractivity contribution in [2.45, 2.75) is 50.6 Å². The van der Waals surface area contributed by atoms with Crippen LogP contribution in [0, 0.1) is 0 Å². The fourth-order valence-corrected chi connectivity index (χ4v) is 6.59. The van der Waals surface area contributed by atoms with Gasteiger partial charge in [-0.05, 0) is 19.3 Å². The van der Waals surface area contributed by atoms with Gasteiger partial charge in [0.05, 0.1) is 0 Å². The van der Waals surface area contributed by atoms with Gasteiger partial charge in [0.15, 0.2) is 0 Å². The summed E-state index contributed by atoms with van der Waals surface area (Å²) in [5, 5.41) is 0.755. The summed E-state index contributed by atoms with van der Waals surface area (Å²) < 4.78 is 0. The van der Waals surface area contributed by atoms with Crippen LogP contribution < -0.4 is 0 Å². The third kappa shape index (κ3) is 3.86. The van der Waals surface area contributed by atoms with Crippen LogP contribution >= 0.6 is 11.2 Å². The van der Waals surface area contributed by atoms with Crippen molar-refractivity contribution < 1.29 is 0 Å². The zero-order valence-electron chi connectivity index (χ0n) is 9.26. The minimum absolute atomic E-state index is 0.755. The van der Waals surface area contributed by atoms with E-state index in [0.717, 1.165) is 5.25 Å². The van der Waals surface area contributed by atoms with E-state index in [9.17, 15) is 0 Å². The van der Waals surface area contributed by atoms with Gasteiger partial charge >= 0.3 is 0 Å². The molecule has 1 aliphatic rings. The van der Waals surface area contributed by atoms with Crippen LogP contribution in [0.5, 0.6) is 0 Å². The van der Waals surface area contributed by atoms with E-state index < -0.39 is 7.22 Å². The monoisotopic (exact) mass is 215 g/mol. The van der Waals surface area contributed by atoms with Gasteiger partial charge < -0.3 is 0 Å². The highest BCUT2D eigenvalue weighted by atomic mass is 32.4. The molecule has 0 heterocycles. The fraction of sp³-hybridized carbons (Fsp3) is 0.900. The molecular formula is C10H21NSSi. The molecule has 1 atom stereocenters. The summed E-state index contributed by atoms with van der Waals surface area (Å²) >= 11 is 2.22. The van der Waals surface area contributed by atoms with E-state index in [4.69, 9.17) is 0 Å². The van der Waals surface area contributed by atoms with E-state index in [1.54, 1.807) is 0 Å². The molecule has 1 aliphatic carbocycles. The first-order valence-electron chi connectivity index (χ1n) is 5.16. The number of nitrogens with zero attached hydrogens (tertiary/aromatic N) is 1. The van der Waals surface area contributed by atoms with Crippen LogP contribution in [-0.2, 0) is 0 Å². The van der Waals surface area contributed by atoms with Crippen LogP contribution in [0.3, 0.4) is 0 Å². The first kappa shape index (κ1) is 11.3. The molecule has 1 saturated carbocycles. The number of aliphatic imine (C=N–C) groups is 1. The SMILES string of the molecule is C/N=C1\CCCCC1S[Si](C)(C)C. The second-order valence-corrected chi connectivity index (χ2v) is 14.1. The van der Waals surface area contributed by atoms with Gasteiger partial charge in [0.1, 0.15) is 7.22 Å². The van der Waals surface area contributed by atoms with E-state index in [0.29, 0.717) is 0 Å². The predicted molar refractivity (Wildman–Crippen MR) is 66.6 cm³/mol. The Morgan fingerprint density at radius 1 is 1.31 bits per heavy atom. The third-order valence-electron chi connectivity index (χ3n) is 2.30. The lowest BCUT2D eigenvalue weighted by molar-refractivity contribution is 0.675. The first-order valence-corrected chi connectivity index (χ1v) is 10.3. The van der Waals surface area contributed by atoms with Gasteiger partial charge in [0.25, 0.3) is 0 Å². The lowest BCUT2D eigenvalue weighted by Crippen LogP contribution is -2.29. The van der Waals surface area contributed by atoms with Crippen LogP contribution in [0.2, 0.25) is 19.6 Å². The Labute approximate surface area is 87.1 Å². The number of rotatable bonds is 2. The average Bonchev–Trinajstić information content (AvgIpc) is 2.02. The Bertz CT molecular complexity index is 196. The van der Waals surface area contributed by atoms with Gasteiger partial charge in [-0.15, -0.1) is 0 Å². The lowest BCUT2D eigenvalue weighted by Gasteiger charge is -2.28. The van der Waals surface area contributed by atoms with Crippen LogP contribution in [-0.4, -0.2) is 25.2 Å². The van der Waals surface area contributed by atoms with Gasteiger partial charge in [-0.3, -0.25) is 4.99 Å². The maximum atomic E-state index is 4.43. The molecule has 0 aromatic rings. The van der Waals surface area contributed by atoms with Crippen LogP contribution in [0.4, 0.5) is 0 Å². The molecule has 13 heavy (non-hydrogen) atoms. The highest BCUT2D eigenvalue weighted by Gasteiger charge is 2.26. The van der Waals surface area contributed by atoms with Crippen LogP contribution in [0.15, 0.2) is 4.99 Å².